The van der Waals surface area contributed by atoms with Gasteiger partial charge in [-0.1, -0.05) is 0 Å². The molecule has 2 aliphatic heterocycles. The van der Waals surface area contributed by atoms with Crippen LogP contribution in [0.4, 0.5) is 20.7 Å². The van der Waals surface area contributed by atoms with Gasteiger partial charge in [-0.3, -0.25) is 4.40 Å². The number of carbonyl (C=O) groups is 1. The molecule has 2 aliphatic rings. The minimum atomic E-state index is -0.381. The lowest BCUT2D eigenvalue weighted by atomic mass is 10.1. The van der Waals surface area contributed by atoms with Crippen LogP contribution in [0.2, 0.25) is 0 Å². The third kappa shape index (κ3) is 3.58. The first kappa shape index (κ1) is 18.8. The minimum absolute atomic E-state index is 0.145. The molecule has 2 amide bonds. The second kappa shape index (κ2) is 7.93. The van der Waals surface area contributed by atoms with Crippen LogP contribution in [0.3, 0.4) is 0 Å². The smallest absolute Gasteiger partial charge is 0.321 e. The van der Waals surface area contributed by atoms with Gasteiger partial charge in [0.2, 0.25) is 5.78 Å². The molecule has 156 valence electrons. The number of nitrogens with one attached hydrogen (secondary N) is 1. The van der Waals surface area contributed by atoms with Crippen molar-refractivity contribution in [1.82, 2.24) is 19.3 Å². The second-order valence-electron chi connectivity index (χ2n) is 7.97. The van der Waals surface area contributed by atoms with Gasteiger partial charge in [-0.2, -0.15) is 0 Å². The Balaban J connectivity index is 1.42. The van der Waals surface area contributed by atoms with E-state index in [2.05, 4.69) is 20.2 Å². The molecule has 2 aromatic heterocycles. The number of urea groups is 1. The van der Waals surface area contributed by atoms with Crippen LogP contribution in [0.1, 0.15) is 32.1 Å². The largest absolute Gasteiger partial charge is 0.356 e. The van der Waals surface area contributed by atoms with Gasteiger partial charge in [-0.25, -0.2) is 19.2 Å². The Kier molecular flexibility index (Phi) is 4.98. The van der Waals surface area contributed by atoms with Gasteiger partial charge in [0.25, 0.3) is 0 Å². The molecule has 3 aromatic rings. The second-order valence-corrected chi connectivity index (χ2v) is 7.97. The predicted octanol–water partition coefficient (Wildman–Crippen LogP) is 4.15. The van der Waals surface area contributed by atoms with Gasteiger partial charge >= 0.3 is 6.03 Å². The molecule has 5 rings (SSSR count). The molecule has 8 heteroatoms. The molecule has 0 saturated carbocycles. The highest BCUT2D eigenvalue weighted by Crippen LogP contribution is 2.27. The number of fused-ring (bicyclic) bond motifs is 1. The average Bonchev–Trinajstić information content (AvgIpc) is 3.45. The Morgan fingerprint density at radius 3 is 2.57 bits per heavy atom. The maximum absolute atomic E-state index is 14.6. The van der Waals surface area contributed by atoms with Crippen molar-refractivity contribution in [3.63, 3.8) is 0 Å². The third-order valence-electron chi connectivity index (χ3n) is 5.93. The summed E-state index contributed by atoms with van der Waals surface area (Å²) in [6.45, 7) is 3.56. The summed E-state index contributed by atoms with van der Waals surface area (Å²) in [5.74, 6) is 1.18. The van der Waals surface area contributed by atoms with Crippen molar-refractivity contribution in [2.75, 3.05) is 36.4 Å². The molecule has 30 heavy (non-hydrogen) atoms. The number of rotatable bonds is 3. The summed E-state index contributed by atoms with van der Waals surface area (Å²) in [4.78, 5) is 25.5. The van der Waals surface area contributed by atoms with Crippen LogP contribution in [0.5, 0.6) is 0 Å². The zero-order valence-electron chi connectivity index (χ0n) is 16.9. The van der Waals surface area contributed by atoms with E-state index in [0.29, 0.717) is 22.7 Å². The number of carbonyl (C=O) groups excluding carboxylic acids is 1. The highest BCUT2D eigenvalue weighted by molar-refractivity contribution is 5.90. The minimum Gasteiger partial charge on any atom is -0.356 e. The van der Waals surface area contributed by atoms with E-state index in [1.165, 1.54) is 25.3 Å². The number of aromatic nitrogens is 3. The van der Waals surface area contributed by atoms with Gasteiger partial charge in [-0.05, 0) is 56.4 Å². The number of benzene rings is 1. The molecule has 0 unspecified atom stereocenters. The Labute approximate surface area is 174 Å². The fraction of sp³-hybridized carbons (Fsp3) is 0.409. The fourth-order valence-corrected chi connectivity index (χ4v) is 4.29. The number of hydrogen-bond donors (Lipinski definition) is 1. The highest BCUT2D eigenvalue weighted by atomic mass is 19.1. The van der Waals surface area contributed by atoms with Gasteiger partial charge in [0.15, 0.2) is 0 Å². The van der Waals surface area contributed by atoms with Crippen molar-refractivity contribution in [3.05, 3.63) is 42.5 Å². The van der Waals surface area contributed by atoms with Crippen LogP contribution in [-0.4, -0.2) is 51.5 Å². The lowest BCUT2D eigenvalue weighted by molar-refractivity contribution is 0.222. The number of piperidine rings is 1. The average molecular weight is 408 g/mol. The summed E-state index contributed by atoms with van der Waals surface area (Å²) >= 11 is 0. The summed E-state index contributed by atoms with van der Waals surface area (Å²) in [6, 6.07) is 6.23. The summed E-state index contributed by atoms with van der Waals surface area (Å²) < 4.78 is 16.5. The number of nitrogens with zero attached hydrogens (tertiary/aromatic N) is 5. The Morgan fingerprint density at radius 1 is 1.00 bits per heavy atom. The molecule has 1 N–H and O–H groups in total. The Bertz CT molecular complexity index is 1070. The molecular formula is C22H25FN6O. The molecule has 4 heterocycles. The molecule has 0 radical (unpaired) electrons. The zero-order valence-corrected chi connectivity index (χ0v) is 16.9. The molecule has 1 aromatic carbocycles. The third-order valence-corrected chi connectivity index (χ3v) is 5.93. The number of amides is 2. The van der Waals surface area contributed by atoms with E-state index in [0.717, 1.165) is 44.8 Å². The molecule has 0 bridgehead atoms. The van der Waals surface area contributed by atoms with Crippen molar-refractivity contribution < 1.29 is 9.18 Å². The molecule has 7 nitrogen and oxygen atoms in total. The van der Waals surface area contributed by atoms with E-state index < -0.39 is 0 Å². The number of likely N-dealkylation sites (tertiary alicyclic amines) is 1. The molecule has 0 spiro atoms. The van der Waals surface area contributed by atoms with Gasteiger partial charge in [0.05, 0.1) is 11.9 Å². The normalized spacial score (nSPS) is 17.0. The lowest BCUT2D eigenvalue weighted by Crippen LogP contribution is -2.32. The van der Waals surface area contributed by atoms with E-state index in [1.807, 2.05) is 16.8 Å². The molecule has 2 fully saturated rings. The highest BCUT2D eigenvalue weighted by Gasteiger charge is 2.19. The first-order valence-electron chi connectivity index (χ1n) is 10.6. The first-order valence-corrected chi connectivity index (χ1v) is 10.6. The molecule has 2 saturated heterocycles. The van der Waals surface area contributed by atoms with E-state index in [1.54, 1.807) is 23.1 Å². The maximum Gasteiger partial charge on any atom is 0.321 e. The first-order chi connectivity index (χ1) is 14.7. The SMILES string of the molecule is O=C(Nc1ccc(F)c(-c2ccn3c(N4CCCCC4)cnc3n2)c1)N1CCCC1. The summed E-state index contributed by atoms with van der Waals surface area (Å²) in [7, 11) is 0. The van der Waals surface area contributed by atoms with Crippen LogP contribution < -0.4 is 10.2 Å². The zero-order chi connectivity index (χ0) is 20.5. The number of halogens is 1. The van der Waals surface area contributed by atoms with Gasteiger partial charge < -0.3 is 15.1 Å². The van der Waals surface area contributed by atoms with Crippen molar-refractivity contribution >= 4 is 23.3 Å². The fourth-order valence-electron chi connectivity index (χ4n) is 4.29. The van der Waals surface area contributed by atoms with E-state index in [4.69, 9.17) is 0 Å². The van der Waals surface area contributed by atoms with Crippen LogP contribution in [0.25, 0.3) is 17.0 Å². The lowest BCUT2D eigenvalue weighted by Gasteiger charge is -2.27. The van der Waals surface area contributed by atoms with Crippen LogP contribution in [0.15, 0.2) is 36.7 Å². The molecular weight excluding hydrogens is 383 g/mol. The van der Waals surface area contributed by atoms with Crippen LogP contribution >= 0.6 is 0 Å². The van der Waals surface area contributed by atoms with E-state index in [-0.39, 0.29) is 11.8 Å². The number of imidazole rings is 1. The van der Waals surface area contributed by atoms with Crippen molar-refractivity contribution in [3.8, 4) is 11.3 Å². The monoisotopic (exact) mass is 408 g/mol. The Hall–Kier alpha value is -3.16. The Morgan fingerprint density at radius 2 is 1.77 bits per heavy atom. The van der Waals surface area contributed by atoms with Gasteiger partial charge in [-0.15, -0.1) is 0 Å². The van der Waals surface area contributed by atoms with E-state index in [9.17, 15) is 9.18 Å². The van der Waals surface area contributed by atoms with Crippen molar-refractivity contribution in [1.29, 1.82) is 0 Å². The molecule has 0 aliphatic carbocycles. The van der Waals surface area contributed by atoms with Crippen molar-refractivity contribution in [2.24, 2.45) is 0 Å². The quantitative estimate of drug-likeness (QED) is 0.707. The topological polar surface area (TPSA) is 65.8 Å². The van der Waals surface area contributed by atoms with Gasteiger partial charge in [0.1, 0.15) is 11.6 Å². The van der Waals surface area contributed by atoms with E-state index >= 15 is 0 Å². The standard InChI is InChI=1S/C22H25FN6O/c23-18-7-6-16(25-22(30)28-11-4-5-12-28)14-17(18)19-8-13-29-20(15-24-21(29)26-19)27-9-2-1-3-10-27/h6-8,13-15H,1-5,9-12H2,(H,25,30). The van der Waals surface area contributed by atoms with Gasteiger partial charge in [0, 0.05) is 43.6 Å². The number of hydrogen-bond acceptors (Lipinski definition) is 4. The van der Waals surface area contributed by atoms with Crippen LogP contribution in [0, 0.1) is 5.82 Å². The molecule has 0 atom stereocenters. The maximum atomic E-state index is 14.6. The van der Waals surface area contributed by atoms with Crippen LogP contribution in [-0.2, 0) is 0 Å². The predicted molar refractivity (Wildman–Crippen MR) is 114 cm³/mol. The number of anilines is 2. The van der Waals surface area contributed by atoms with Crippen molar-refractivity contribution in [2.45, 2.75) is 32.1 Å². The summed E-state index contributed by atoms with van der Waals surface area (Å²) in [6.07, 6.45) is 9.40. The summed E-state index contributed by atoms with van der Waals surface area (Å²) in [5, 5.41) is 2.87. The summed E-state index contributed by atoms with van der Waals surface area (Å²) in [5.41, 5.74) is 1.40.